The lowest BCUT2D eigenvalue weighted by atomic mass is 9.34. The van der Waals surface area contributed by atoms with Crippen molar-refractivity contribution in [2.75, 3.05) is 0 Å². The molecule has 0 aromatic heterocycles. The Kier molecular flexibility index (Phi) is 7.89. The van der Waals surface area contributed by atoms with Gasteiger partial charge in [0.1, 0.15) is 46.0 Å². The van der Waals surface area contributed by atoms with E-state index in [1.807, 2.05) is 91.0 Å². The Morgan fingerprint density at radius 2 is 0.719 bits per heavy atom. The summed E-state index contributed by atoms with van der Waals surface area (Å²) in [5.74, 6) is 6.84. The molecule has 0 N–H and O–H groups in total. The summed E-state index contributed by atoms with van der Waals surface area (Å²) >= 11 is 0. The lowest BCUT2D eigenvalue weighted by Crippen LogP contribution is -2.57. The van der Waals surface area contributed by atoms with Crippen LogP contribution in [0.15, 0.2) is 200 Å². The molecule has 5 heteroatoms. The van der Waals surface area contributed by atoms with E-state index in [4.69, 9.17) is 18.9 Å². The highest BCUT2D eigenvalue weighted by Crippen LogP contribution is 2.40. The van der Waals surface area contributed by atoms with E-state index in [-0.39, 0.29) is 6.71 Å². The Balaban J connectivity index is 0.000000131. The molecular weight excluding hydrogens is 699 g/mol. The van der Waals surface area contributed by atoms with Gasteiger partial charge in [-0.2, -0.15) is 0 Å². The van der Waals surface area contributed by atoms with Crippen LogP contribution in [0.3, 0.4) is 0 Å². The molecule has 4 nitrogen and oxygen atoms in total. The van der Waals surface area contributed by atoms with Crippen LogP contribution in [0, 0.1) is 0 Å². The fourth-order valence-electron chi connectivity index (χ4n) is 8.31. The van der Waals surface area contributed by atoms with Gasteiger partial charge >= 0.3 is 0 Å². The van der Waals surface area contributed by atoms with E-state index in [0.29, 0.717) is 0 Å². The number of rotatable bonds is 4. The van der Waals surface area contributed by atoms with E-state index in [1.165, 1.54) is 21.7 Å². The topological polar surface area (TPSA) is 36.9 Å². The first-order valence-corrected chi connectivity index (χ1v) is 19.2. The minimum Gasteiger partial charge on any atom is -0.458 e. The van der Waals surface area contributed by atoms with E-state index in [1.54, 1.807) is 0 Å². The fourth-order valence-corrected chi connectivity index (χ4v) is 8.31. The molecule has 2 aliphatic heterocycles. The van der Waals surface area contributed by atoms with Gasteiger partial charge in [-0.15, -0.1) is 0 Å². The summed E-state index contributed by atoms with van der Waals surface area (Å²) in [5.41, 5.74) is 3.52. The Morgan fingerprint density at radius 1 is 0.333 bits per heavy atom. The van der Waals surface area contributed by atoms with Gasteiger partial charge in [0, 0.05) is 33.1 Å². The first-order valence-electron chi connectivity index (χ1n) is 19.2. The van der Waals surface area contributed by atoms with Crippen LogP contribution in [0.4, 0.5) is 0 Å². The van der Waals surface area contributed by atoms with Crippen LogP contribution in [0.5, 0.6) is 46.0 Å². The summed E-state index contributed by atoms with van der Waals surface area (Å²) < 4.78 is 25.3. The summed E-state index contributed by atoms with van der Waals surface area (Å²) in [4.78, 5) is 0. The van der Waals surface area contributed by atoms with E-state index >= 15 is 0 Å². The molecule has 12 rings (SSSR count). The molecule has 2 aliphatic rings. The van der Waals surface area contributed by atoms with Crippen molar-refractivity contribution >= 4 is 66.2 Å². The average molecular weight is 733 g/mol. The molecule has 0 bridgehead atoms. The van der Waals surface area contributed by atoms with Crippen molar-refractivity contribution in [3.8, 4) is 46.0 Å². The van der Waals surface area contributed by atoms with Crippen molar-refractivity contribution < 1.29 is 18.9 Å². The quantitative estimate of drug-likeness (QED) is 0.169. The molecule has 0 fully saturated rings. The predicted molar refractivity (Wildman–Crippen MR) is 234 cm³/mol. The SMILES string of the molecule is c1cc(Oc2cccc3ccccc23)cc(Oc2cccc3ccccc23)c1.c1cc2c3c(c1)Oc1c(ccc4ccccc14)B3c1ccc3ccccc3c1O2. The van der Waals surface area contributed by atoms with Crippen molar-refractivity contribution in [3.05, 3.63) is 200 Å². The average Bonchev–Trinajstić information content (AvgIpc) is 3.27. The molecule has 2 heterocycles. The Morgan fingerprint density at radius 3 is 1.21 bits per heavy atom. The van der Waals surface area contributed by atoms with Gasteiger partial charge in [0.25, 0.3) is 6.71 Å². The van der Waals surface area contributed by atoms with E-state index in [2.05, 4.69) is 109 Å². The zero-order chi connectivity index (χ0) is 37.7. The molecule has 0 unspecified atom stereocenters. The van der Waals surface area contributed by atoms with Gasteiger partial charge in [-0.05, 0) is 68.9 Å². The smallest absolute Gasteiger partial charge is 0.260 e. The maximum Gasteiger partial charge on any atom is 0.260 e. The zero-order valence-electron chi connectivity index (χ0n) is 30.8. The van der Waals surface area contributed by atoms with Crippen LogP contribution in [-0.2, 0) is 0 Å². The maximum absolute atomic E-state index is 6.46. The highest BCUT2D eigenvalue weighted by atomic mass is 16.5. The summed E-state index contributed by atoms with van der Waals surface area (Å²) in [5, 5.41) is 9.17. The van der Waals surface area contributed by atoms with Crippen molar-refractivity contribution in [2.24, 2.45) is 0 Å². The molecule has 10 aromatic carbocycles. The number of ether oxygens (including phenoxy) is 4. The minimum atomic E-state index is 0.0999. The third-order valence-electron chi connectivity index (χ3n) is 10.9. The second kappa shape index (κ2) is 13.7. The minimum absolute atomic E-state index is 0.0999. The molecule has 0 radical (unpaired) electrons. The van der Waals surface area contributed by atoms with Crippen LogP contribution in [0.1, 0.15) is 0 Å². The fraction of sp³-hybridized carbons (Fsp3) is 0. The maximum atomic E-state index is 6.46. The molecule has 0 spiro atoms. The third kappa shape index (κ3) is 5.80. The van der Waals surface area contributed by atoms with Crippen LogP contribution in [0.2, 0.25) is 0 Å². The number of benzene rings is 10. The van der Waals surface area contributed by atoms with Crippen molar-refractivity contribution in [1.82, 2.24) is 0 Å². The molecule has 57 heavy (non-hydrogen) atoms. The first-order chi connectivity index (χ1) is 28.2. The van der Waals surface area contributed by atoms with Gasteiger partial charge in [0.2, 0.25) is 0 Å². The Bertz CT molecular complexity index is 2960. The van der Waals surface area contributed by atoms with Gasteiger partial charge in [0.15, 0.2) is 0 Å². The standard InChI is InChI=1S/C26H15BO2.C26H18O2/c1-3-8-18-16(6-1)12-14-20-25(18)28-22-10-5-11-23-24(22)27(20)21-15-13-17-7-2-4-9-19(17)26(21)29-23;1-3-14-23-19(8-1)10-5-16-25(23)27-21-12-7-13-22(18-21)28-26-17-6-11-20-9-2-4-15-24(20)26/h1-15H;1-18H. The van der Waals surface area contributed by atoms with Crippen molar-refractivity contribution in [3.63, 3.8) is 0 Å². The first kappa shape index (κ1) is 32.9. The van der Waals surface area contributed by atoms with Gasteiger partial charge in [0.05, 0.1) is 0 Å². The summed E-state index contributed by atoms with van der Waals surface area (Å²) in [7, 11) is 0. The van der Waals surface area contributed by atoms with Gasteiger partial charge in [-0.3, -0.25) is 0 Å². The molecular formula is C52H33BO4. The molecule has 0 atom stereocenters. The largest absolute Gasteiger partial charge is 0.458 e. The van der Waals surface area contributed by atoms with Crippen molar-refractivity contribution in [2.45, 2.75) is 0 Å². The molecule has 0 aliphatic carbocycles. The molecule has 10 aromatic rings. The molecule has 0 saturated heterocycles. The number of hydrogen-bond donors (Lipinski definition) is 0. The molecule has 268 valence electrons. The van der Waals surface area contributed by atoms with Crippen LogP contribution >= 0.6 is 0 Å². The second-order valence-electron chi connectivity index (χ2n) is 14.3. The van der Waals surface area contributed by atoms with E-state index in [9.17, 15) is 0 Å². The normalized spacial score (nSPS) is 12.1. The van der Waals surface area contributed by atoms with Crippen LogP contribution in [-0.4, -0.2) is 6.71 Å². The zero-order valence-corrected chi connectivity index (χ0v) is 30.8. The number of hydrogen-bond acceptors (Lipinski definition) is 4. The molecule has 0 amide bonds. The van der Waals surface area contributed by atoms with Crippen LogP contribution < -0.4 is 35.3 Å². The lowest BCUT2D eigenvalue weighted by molar-refractivity contribution is 0.465. The van der Waals surface area contributed by atoms with Crippen molar-refractivity contribution in [1.29, 1.82) is 0 Å². The van der Waals surface area contributed by atoms with E-state index in [0.717, 1.165) is 83.8 Å². The monoisotopic (exact) mass is 732 g/mol. The highest BCUT2D eigenvalue weighted by molar-refractivity contribution is 6.98. The summed E-state index contributed by atoms with van der Waals surface area (Å²) in [6.07, 6.45) is 0. The van der Waals surface area contributed by atoms with Gasteiger partial charge in [-0.1, -0.05) is 158 Å². The predicted octanol–water partition coefficient (Wildman–Crippen LogP) is 12.3. The van der Waals surface area contributed by atoms with Gasteiger partial charge < -0.3 is 18.9 Å². The Labute approximate surface area is 330 Å². The summed E-state index contributed by atoms with van der Waals surface area (Å²) in [6.45, 7) is 0.0999. The highest BCUT2D eigenvalue weighted by Gasteiger charge is 2.40. The lowest BCUT2D eigenvalue weighted by Gasteiger charge is -2.33. The third-order valence-corrected chi connectivity index (χ3v) is 10.9. The van der Waals surface area contributed by atoms with E-state index < -0.39 is 0 Å². The summed E-state index contributed by atoms with van der Waals surface area (Å²) in [6, 6.07) is 68.1. The Hall–Kier alpha value is -7.50. The number of fused-ring (bicyclic) bond motifs is 10. The second-order valence-corrected chi connectivity index (χ2v) is 14.3. The molecule has 0 saturated carbocycles. The van der Waals surface area contributed by atoms with Gasteiger partial charge in [-0.25, -0.2) is 0 Å². The van der Waals surface area contributed by atoms with Crippen LogP contribution in [0.25, 0.3) is 43.1 Å².